The summed E-state index contributed by atoms with van der Waals surface area (Å²) in [4.78, 5) is 12.4. The minimum absolute atomic E-state index is 0.0448. The molecule has 0 amide bonds. The molecular formula is C19H20N3O+. The van der Waals surface area contributed by atoms with E-state index in [4.69, 9.17) is 5.73 Å². The minimum atomic E-state index is 0.0448. The molecule has 2 aromatic carbocycles. The lowest BCUT2D eigenvalue weighted by molar-refractivity contribution is -0.667. The number of carbonyl (C=O) groups excluding carboxylic acids is 1. The number of ketones is 1. The van der Waals surface area contributed by atoms with Crippen LogP contribution in [0.4, 0.5) is 5.95 Å². The average molecular weight is 306 g/mol. The summed E-state index contributed by atoms with van der Waals surface area (Å²) in [6.07, 6.45) is 1.93. The molecule has 23 heavy (non-hydrogen) atoms. The van der Waals surface area contributed by atoms with E-state index in [-0.39, 0.29) is 12.3 Å². The van der Waals surface area contributed by atoms with E-state index >= 15 is 0 Å². The Kier molecular flexibility index (Phi) is 3.98. The highest BCUT2D eigenvalue weighted by molar-refractivity contribution is 5.95. The predicted octanol–water partition coefficient (Wildman–Crippen LogP) is 2.75. The van der Waals surface area contributed by atoms with Gasteiger partial charge in [0, 0.05) is 11.1 Å². The zero-order valence-corrected chi connectivity index (χ0v) is 13.4. The lowest BCUT2D eigenvalue weighted by atomic mass is 10.1. The second-order valence-corrected chi connectivity index (χ2v) is 5.71. The molecule has 116 valence electrons. The second-order valence-electron chi connectivity index (χ2n) is 5.71. The Balaban J connectivity index is 1.91. The van der Waals surface area contributed by atoms with Gasteiger partial charge in [0.05, 0.1) is 7.05 Å². The van der Waals surface area contributed by atoms with Crippen LogP contribution in [-0.2, 0) is 13.6 Å². The van der Waals surface area contributed by atoms with E-state index in [1.54, 1.807) is 4.57 Å². The van der Waals surface area contributed by atoms with Crippen molar-refractivity contribution in [1.82, 2.24) is 4.57 Å². The van der Waals surface area contributed by atoms with Crippen LogP contribution in [0.2, 0.25) is 0 Å². The standard InChI is InChI=1S/C19H19N3O/c1-14-8-10-15(11-9-14)17-12-22(19(20)21(17)2)13-18(23)16-6-4-3-5-7-16/h3-12,20H,13H2,1-2H3/p+1. The Morgan fingerprint density at radius 1 is 1.09 bits per heavy atom. The molecule has 4 nitrogen and oxygen atoms in total. The third kappa shape index (κ3) is 3.01. The Labute approximate surface area is 135 Å². The molecule has 2 N–H and O–H groups in total. The second kappa shape index (κ2) is 6.08. The number of carbonyl (C=O) groups is 1. The average Bonchev–Trinajstić information content (AvgIpc) is 2.85. The number of nitrogen functional groups attached to an aromatic ring is 1. The van der Waals surface area contributed by atoms with E-state index in [1.807, 2.05) is 48.1 Å². The van der Waals surface area contributed by atoms with Crippen molar-refractivity contribution < 1.29 is 9.36 Å². The number of aryl methyl sites for hydroxylation is 1. The summed E-state index contributed by atoms with van der Waals surface area (Å²) in [6.45, 7) is 2.29. The number of Topliss-reactive ketones (excluding diaryl/α,β-unsaturated/α-hetero) is 1. The first-order valence-corrected chi connectivity index (χ1v) is 7.56. The maximum Gasteiger partial charge on any atom is 0.355 e. The lowest BCUT2D eigenvalue weighted by Crippen LogP contribution is -2.39. The van der Waals surface area contributed by atoms with Crippen LogP contribution in [0.3, 0.4) is 0 Å². The number of benzene rings is 2. The van der Waals surface area contributed by atoms with Gasteiger partial charge in [-0.05, 0) is 6.92 Å². The molecule has 0 atom stereocenters. The number of hydrogen-bond acceptors (Lipinski definition) is 2. The van der Waals surface area contributed by atoms with Gasteiger partial charge in [-0.15, -0.1) is 0 Å². The summed E-state index contributed by atoms with van der Waals surface area (Å²) < 4.78 is 3.70. The van der Waals surface area contributed by atoms with Crippen LogP contribution in [0, 0.1) is 6.92 Å². The molecule has 0 bridgehead atoms. The molecule has 3 rings (SSSR count). The van der Waals surface area contributed by atoms with Gasteiger partial charge in [-0.25, -0.2) is 9.13 Å². The number of rotatable bonds is 4. The molecule has 0 saturated carbocycles. The van der Waals surface area contributed by atoms with Crippen molar-refractivity contribution in [2.45, 2.75) is 13.5 Å². The molecule has 4 heteroatoms. The minimum Gasteiger partial charge on any atom is -0.291 e. The Morgan fingerprint density at radius 2 is 1.74 bits per heavy atom. The van der Waals surface area contributed by atoms with Gasteiger partial charge in [0.25, 0.3) is 0 Å². The fourth-order valence-electron chi connectivity index (χ4n) is 2.61. The van der Waals surface area contributed by atoms with Gasteiger partial charge in [0.15, 0.2) is 5.78 Å². The quantitative estimate of drug-likeness (QED) is 0.595. The molecule has 0 fully saturated rings. The first-order valence-electron chi connectivity index (χ1n) is 7.56. The summed E-state index contributed by atoms with van der Waals surface area (Å²) in [5.74, 6) is 0.605. The van der Waals surface area contributed by atoms with Crippen LogP contribution in [0.5, 0.6) is 0 Å². The monoisotopic (exact) mass is 306 g/mol. The van der Waals surface area contributed by atoms with Gasteiger partial charge < -0.3 is 0 Å². The van der Waals surface area contributed by atoms with Crippen molar-refractivity contribution in [2.75, 3.05) is 5.73 Å². The molecule has 0 aliphatic rings. The Bertz CT molecular complexity index is 833. The van der Waals surface area contributed by atoms with E-state index in [0.717, 1.165) is 11.3 Å². The lowest BCUT2D eigenvalue weighted by Gasteiger charge is -2.00. The number of aromatic nitrogens is 2. The number of nitrogens with zero attached hydrogens (tertiary/aromatic N) is 2. The van der Waals surface area contributed by atoms with Crippen molar-refractivity contribution >= 4 is 11.7 Å². The molecule has 0 spiro atoms. The number of nitrogens with two attached hydrogens (primary N) is 1. The fraction of sp³-hybridized carbons (Fsp3) is 0.158. The third-order valence-electron chi connectivity index (χ3n) is 4.03. The van der Waals surface area contributed by atoms with Crippen LogP contribution in [0.15, 0.2) is 60.8 Å². The van der Waals surface area contributed by atoms with Crippen LogP contribution in [0.25, 0.3) is 11.3 Å². The molecular weight excluding hydrogens is 286 g/mol. The van der Waals surface area contributed by atoms with E-state index in [0.29, 0.717) is 11.5 Å². The molecule has 0 radical (unpaired) electrons. The van der Waals surface area contributed by atoms with Crippen LogP contribution in [-0.4, -0.2) is 10.4 Å². The Hall–Kier alpha value is -2.88. The van der Waals surface area contributed by atoms with Gasteiger partial charge in [0.1, 0.15) is 18.4 Å². The molecule has 3 aromatic rings. The summed E-state index contributed by atoms with van der Waals surface area (Å²) >= 11 is 0. The first kappa shape index (κ1) is 15.0. The number of imidazole rings is 1. The molecule has 1 heterocycles. The summed E-state index contributed by atoms with van der Waals surface area (Å²) in [6, 6.07) is 17.5. The number of hydrogen-bond donors (Lipinski definition) is 1. The van der Waals surface area contributed by atoms with E-state index in [1.165, 1.54) is 5.56 Å². The predicted molar refractivity (Wildman–Crippen MR) is 91.0 cm³/mol. The van der Waals surface area contributed by atoms with E-state index in [2.05, 4.69) is 31.2 Å². The fourth-order valence-corrected chi connectivity index (χ4v) is 2.61. The maximum atomic E-state index is 12.4. The van der Waals surface area contributed by atoms with Crippen molar-refractivity contribution in [2.24, 2.45) is 7.05 Å². The van der Waals surface area contributed by atoms with Gasteiger partial charge in [-0.3, -0.25) is 10.5 Å². The largest absolute Gasteiger partial charge is 0.355 e. The highest BCUT2D eigenvalue weighted by Crippen LogP contribution is 2.20. The van der Waals surface area contributed by atoms with Crippen molar-refractivity contribution in [1.29, 1.82) is 0 Å². The SMILES string of the molecule is Cc1ccc(-c2c[n+](CC(=O)c3ccccc3)c(N)n2C)cc1. The van der Waals surface area contributed by atoms with Crippen LogP contribution >= 0.6 is 0 Å². The van der Waals surface area contributed by atoms with Crippen molar-refractivity contribution in [3.8, 4) is 11.3 Å². The summed E-state index contributed by atoms with van der Waals surface area (Å²) in [7, 11) is 1.91. The topological polar surface area (TPSA) is 51.9 Å². The number of anilines is 1. The molecule has 1 aromatic heterocycles. The highest BCUT2D eigenvalue weighted by Gasteiger charge is 2.20. The Morgan fingerprint density at radius 3 is 2.39 bits per heavy atom. The maximum absolute atomic E-state index is 12.4. The molecule has 0 saturated heterocycles. The molecule has 0 unspecified atom stereocenters. The molecule has 0 aliphatic heterocycles. The summed E-state index contributed by atoms with van der Waals surface area (Å²) in [5, 5.41) is 0. The van der Waals surface area contributed by atoms with Gasteiger partial charge in [-0.2, -0.15) is 0 Å². The van der Waals surface area contributed by atoms with Gasteiger partial charge >= 0.3 is 5.95 Å². The van der Waals surface area contributed by atoms with Crippen molar-refractivity contribution in [3.63, 3.8) is 0 Å². The normalized spacial score (nSPS) is 10.7. The third-order valence-corrected chi connectivity index (χ3v) is 4.03. The smallest absolute Gasteiger partial charge is 0.291 e. The highest BCUT2D eigenvalue weighted by atomic mass is 16.1. The zero-order valence-electron chi connectivity index (χ0n) is 13.4. The summed E-state index contributed by atoms with van der Waals surface area (Å²) in [5.41, 5.74) is 10.1. The van der Waals surface area contributed by atoms with E-state index in [9.17, 15) is 4.79 Å². The van der Waals surface area contributed by atoms with E-state index < -0.39 is 0 Å². The first-order chi connectivity index (χ1) is 11.1. The molecule has 0 aliphatic carbocycles. The van der Waals surface area contributed by atoms with Gasteiger partial charge in [-0.1, -0.05) is 60.2 Å². The van der Waals surface area contributed by atoms with Gasteiger partial charge in [0.2, 0.25) is 0 Å². The van der Waals surface area contributed by atoms with Crippen LogP contribution < -0.4 is 10.3 Å². The zero-order chi connectivity index (χ0) is 16.4. The van der Waals surface area contributed by atoms with Crippen molar-refractivity contribution in [3.05, 3.63) is 71.9 Å². The van der Waals surface area contributed by atoms with Crippen LogP contribution in [0.1, 0.15) is 15.9 Å².